The van der Waals surface area contributed by atoms with Gasteiger partial charge in [-0.1, -0.05) is 42.8 Å². The minimum atomic E-state index is -0.255. The van der Waals surface area contributed by atoms with Gasteiger partial charge < -0.3 is 15.2 Å². The van der Waals surface area contributed by atoms with Crippen molar-refractivity contribution in [3.8, 4) is 11.5 Å². The predicted molar refractivity (Wildman–Crippen MR) is 86.1 cm³/mol. The van der Waals surface area contributed by atoms with Gasteiger partial charge in [-0.2, -0.15) is 0 Å². The Balaban J connectivity index is 2.18. The molecule has 0 aliphatic carbocycles. The van der Waals surface area contributed by atoms with Crippen molar-refractivity contribution < 1.29 is 9.47 Å². The molecule has 2 N–H and O–H groups in total. The molecule has 21 heavy (non-hydrogen) atoms. The highest BCUT2D eigenvalue weighted by molar-refractivity contribution is 6.30. The molecule has 0 heterocycles. The van der Waals surface area contributed by atoms with Gasteiger partial charge in [-0.15, -0.1) is 0 Å². The molecule has 0 bridgehead atoms. The molecule has 1 unspecified atom stereocenters. The monoisotopic (exact) mass is 305 g/mol. The lowest BCUT2D eigenvalue weighted by Crippen LogP contribution is -2.18. The van der Waals surface area contributed by atoms with E-state index < -0.39 is 0 Å². The summed E-state index contributed by atoms with van der Waals surface area (Å²) in [4.78, 5) is 0. The largest absolute Gasteiger partial charge is 0.490 e. The van der Waals surface area contributed by atoms with Crippen molar-refractivity contribution in [3.05, 3.63) is 59.1 Å². The molecule has 2 aromatic rings. The zero-order chi connectivity index (χ0) is 15.1. The number of benzene rings is 2. The van der Waals surface area contributed by atoms with Gasteiger partial charge in [0.2, 0.25) is 0 Å². The van der Waals surface area contributed by atoms with Crippen LogP contribution in [0.3, 0.4) is 0 Å². The second-order valence-corrected chi connectivity index (χ2v) is 5.13. The van der Waals surface area contributed by atoms with E-state index in [1.807, 2.05) is 48.5 Å². The van der Waals surface area contributed by atoms with E-state index in [9.17, 15) is 0 Å². The van der Waals surface area contributed by atoms with E-state index in [1.165, 1.54) is 0 Å². The van der Waals surface area contributed by atoms with E-state index in [0.29, 0.717) is 23.9 Å². The van der Waals surface area contributed by atoms with Crippen molar-refractivity contribution in [1.29, 1.82) is 0 Å². The van der Waals surface area contributed by atoms with Crippen molar-refractivity contribution in [2.24, 2.45) is 5.73 Å². The number of hydrogen-bond donors (Lipinski definition) is 1. The van der Waals surface area contributed by atoms with Crippen LogP contribution in [-0.4, -0.2) is 13.2 Å². The molecule has 1 atom stereocenters. The van der Waals surface area contributed by atoms with Crippen molar-refractivity contribution in [2.45, 2.75) is 19.4 Å². The number of halogens is 1. The lowest BCUT2D eigenvalue weighted by molar-refractivity contribution is 0.198. The Morgan fingerprint density at radius 1 is 1.10 bits per heavy atom. The minimum absolute atomic E-state index is 0.255. The fraction of sp³-hybridized carbons (Fsp3) is 0.294. The lowest BCUT2D eigenvalue weighted by atomic mass is 10.1. The fourth-order valence-corrected chi connectivity index (χ4v) is 2.19. The number of rotatable bonds is 7. The van der Waals surface area contributed by atoms with Crippen LogP contribution in [0.5, 0.6) is 11.5 Å². The molecule has 0 saturated carbocycles. The number of ether oxygens (including phenoxy) is 2. The van der Waals surface area contributed by atoms with E-state index in [4.69, 9.17) is 26.8 Å². The third-order valence-electron chi connectivity index (χ3n) is 3.01. The Labute approximate surface area is 130 Å². The summed E-state index contributed by atoms with van der Waals surface area (Å²) < 4.78 is 11.7. The van der Waals surface area contributed by atoms with Gasteiger partial charge in [0.25, 0.3) is 0 Å². The third-order valence-corrected chi connectivity index (χ3v) is 3.25. The summed E-state index contributed by atoms with van der Waals surface area (Å²) in [5, 5.41) is 0.671. The molecule has 4 heteroatoms. The first-order valence-corrected chi connectivity index (χ1v) is 7.46. The number of nitrogens with two attached hydrogens (primary N) is 1. The summed E-state index contributed by atoms with van der Waals surface area (Å²) in [7, 11) is 0. The molecule has 0 fully saturated rings. The second kappa shape index (κ2) is 7.91. The standard InChI is InChI=1S/C17H20ClNO2/c1-2-10-20-15-8-3-4-9-16(15)21-17(12-19)13-6-5-7-14(18)11-13/h3-9,11,17H,2,10,12,19H2,1H3. The Morgan fingerprint density at radius 3 is 2.52 bits per heavy atom. The first-order chi connectivity index (χ1) is 10.2. The van der Waals surface area contributed by atoms with Gasteiger partial charge in [-0.05, 0) is 36.2 Å². The first kappa shape index (κ1) is 15.7. The molecule has 0 aliphatic rings. The minimum Gasteiger partial charge on any atom is -0.490 e. The maximum atomic E-state index is 6.03. The van der Waals surface area contributed by atoms with Crippen LogP contribution in [0.15, 0.2) is 48.5 Å². The highest BCUT2D eigenvalue weighted by atomic mass is 35.5. The highest BCUT2D eigenvalue weighted by Crippen LogP contribution is 2.31. The Hall–Kier alpha value is -1.71. The molecule has 2 rings (SSSR count). The van der Waals surface area contributed by atoms with Gasteiger partial charge in [-0.3, -0.25) is 0 Å². The smallest absolute Gasteiger partial charge is 0.162 e. The third kappa shape index (κ3) is 4.38. The van der Waals surface area contributed by atoms with Crippen LogP contribution in [0.1, 0.15) is 25.0 Å². The van der Waals surface area contributed by atoms with Gasteiger partial charge in [0, 0.05) is 11.6 Å². The van der Waals surface area contributed by atoms with Gasteiger partial charge in [-0.25, -0.2) is 0 Å². The predicted octanol–water partition coefficient (Wildman–Crippen LogP) is 4.21. The number of hydrogen-bond acceptors (Lipinski definition) is 3. The molecular weight excluding hydrogens is 286 g/mol. The average molecular weight is 306 g/mol. The molecule has 0 aliphatic heterocycles. The summed E-state index contributed by atoms with van der Waals surface area (Å²) in [5.41, 5.74) is 6.80. The normalized spacial score (nSPS) is 12.0. The van der Waals surface area contributed by atoms with Crippen molar-refractivity contribution in [2.75, 3.05) is 13.2 Å². The average Bonchev–Trinajstić information content (AvgIpc) is 2.51. The second-order valence-electron chi connectivity index (χ2n) is 4.69. The van der Waals surface area contributed by atoms with Crippen molar-refractivity contribution in [1.82, 2.24) is 0 Å². The topological polar surface area (TPSA) is 44.5 Å². The SMILES string of the molecule is CCCOc1ccccc1OC(CN)c1cccc(Cl)c1. The lowest BCUT2D eigenvalue weighted by Gasteiger charge is -2.20. The van der Waals surface area contributed by atoms with Crippen molar-refractivity contribution >= 4 is 11.6 Å². The summed E-state index contributed by atoms with van der Waals surface area (Å²) >= 11 is 6.03. The maximum absolute atomic E-state index is 6.03. The van der Waals surface area contributed by atoms with Gasteiger partial charge in [0.05, 0.1) is 6.61 Å². The highest BCUT2D eigenvalue weighted by Gasteiger charge is 2.14. The molecule has 0 spiro atoms. The Bertz CT molecular complexity index is 574. The zero-order valence-corrected chi connectivity index (χ0v) is 12.8. The first-order valence-electron chi connectivity index (χ1n) is 7.08. The van der Waals surface area contributed by atoms with Gasteiger partial charge in [0.15, 0.2) is 11.5 Å². The van der Waals surface area contributed by atoms with E-state index in [2.05, 4.69) is 6.92 Å². The number of para-hydroxylation sites is 2. The van der Waals surface area contributed by atoms with Gasteiger partial charge >= 0.3 is 0 Å². The van der Waals surface area contributed by atoms with Crippen LogP contribution in [0, 0.1) is 0 Å². The fourth-order valence-electron chi connectivity index (χ4n) is 1.99. The summed E-state index contributed by atoms with van der Waals surface area (Å²) in [6.07, 6.45) is 0.693. The van der Waals surface area contributed by atoms with Crippen LogP contribution < -0.4 is 15.2 Å². The summed E-state index contributed by atoms with van der Waals surface area (Å²) in [5.74, 6) is 1.43. The quantitative estimate of drug-likeness (QED) is 0.833. The maximum Gasteiger partial charge on any atom is 0.162 e. The van der Waals surface area contributed by atoms with Crippen LogP contribution in [0.2, 0.25) is 5.02 Å². The molecule has 2 aromatic carbocycles. The molecule has 0 amide bonds. The molecule has 0 saturated heterocycles. The van der Waals surface area contributed by atoms with E-state index in [0.717, 1.165) is 17.7 Å². The van der Waals surface area contributed by atoms with E-state index in [1.54, 1.807) is 0 Å². The summed E-state index contributed by atoms with van der Waals surface area (Å²) in [6.45, 7) is 3.09. The molecule has 0 radical (unpaired) electrons. The van der Waals surface area contributed by atoms with Crippen LogP contribution in [-0.2, 0) is 0 Å². The zero-order valence-electron chi connectivity index (χ0n) is 12.1. The molecule has 112 valence electrons. The summed E-state index contributed by atoms with van der Waals surface area (Å²) in [6, 6.07) is 15.2. The Kier molecular flexibility index (Phi) is 5.90. The van der Waals surface area contributed by atoms with Gasteiger partial charge in [0.1, 0.15) is 6.10 Å². The van der Waals surface area contributed by atoms with E-state index in [-0.39, 0.29) is 6.10 Å². The Morgan fingerprint density at radius 2 is 1.86 bits per heavy atom. The molecular formula is C17H20ClNO2. The van der Waals surface area contributed by atoms with E-state index >= 15 is 0 Å². The molecule has 3 nitrogen and oxygen atoms in total. The van der Waals surface area contributed by atoms with Crippen molar-refractivity contribution in [3.63, 3.8) is 0 Å². The van der Waals surface area contributed by atoms with Crippen LogP contribution >= 0.6 is 11.6 Å². The van der Waals surface area contributed by atoms with Crippen LogP contribution in [0.4, 0.5) is 0 Å². The van der Waals surface area contributed by atoms with Crippen LogP contribution in [0.25, 0.3) is 0 Å². The molecule has 0 aromatic heterocycles.